The van der Waals surface area contributed by atoms with Crippen LogP contribution in [0.2, 0.25) is 0 Å². The molecule has 2 rings (SSSR count). The number of aromatic nitrogens is 2. The van der Waals surface area contributed by atoms with E-state index in [0.717, 1.165) is 20.3 Å². The molecule has 0 saturated heterocycles. The van der Waals surface area contributed by atoms with E-state index >= 15 is 0 Å². The number of rotatable bonds is 6. The van der Waals surface area contributed by atoms with Crippen LogP contribution in [0.5, 0.6) is 0 Å². The fraction of sp³-hybridized carbons (Fsp3) is 0.444. The second-order valence-corrected chi connectivity index (χ2v) is 7.13. The fourth-order valence-electron chi connectivity index (χ4n) is 2.93. The van der Waals surface area contributed by atoms with E-state index in [0.29, 0.717) is 11.3 Å². The van der Waals surface area contributed by atoms with Gasteiger partial charge < -0.3 is 0 Å². The van der Waals surface area contributed by atoms with Crippen molar-refractivity contribution in [2.24, 2.45) is 0 Å². The van der Waals surface area contributed by atoms with Gasteiger partial charge in [0.2, 0.25) is 0 Å². The number of aliphatic hydroxyl groups excluding tert-OH is 1. The Morgan fingerprint density at radius 3 is 2.28 bits per heavy atom. The Morgan fingerprint density at radius 1 is 1.16 bits per heavy atom. The van der Waals surface area contributed by atoms with Crippen LogP contribution in [0.4, 0.5) is 0 Å². The SMILES string of the molecule is Cc1cc(C)cc(-c2c(C(C)C)c(=O)n([Se])c(=O)n2COCCO)c1. The Bertz CT molecular complexity index is 864. The number of hydrogen-bond acceptors (Lipinski definition) is 4. The van der Waals surface area contributed by atoms with Gasteiger partial charge in [-0.25, -0.2) is 0 Å². The topological polar surface area (TPSA) is 73.5 Å². The summed E-state index contributed by atoms with van der Waals surface area (Å²) < 4.78 is 7.82. The normalized spacial score (nSPS) is 11.3. The van der Waals surface area contributed by atoms with E-state index in [1.165, 1.54) is 4.57 Å². The molecule has 0 spiro atoms. The van der Waals surface area contributed by atoms with E-state index in [9.17, 15) is 9.59 Å². The number of benzene rings is 1. The molecule has 0 saturated carbocycles. The molecule has 0 aliphatic carbocycles. The van der Waals surface area contributed by atoms with Crippen LogP contribution >= 0.6 is 0 Å². The molecule has 25 heavy (non-hydrogen) atoms. The van der Waals surface area contributed by atoms with Crippen molar-refractivity contribution in [1.29, 1.82) is 0 Å². The Balaban J connectivity index is 2.85. The predicted molar refractivity (Wildman–Crippen MR) is 98.2 cm³/mol. The molecule has 2 aromatic rings. The molecule has 1 radical (unpaired) electrons. The summed E-state index contributed by atoms with van der Waals surface area (Å²) >= 11 is 2.53. The Kier molecular flexibility index (Phi) is 6.41. The quantitative estimate of drug-likeness (QED) is 0.576. The minimum atomic E-state index is -0.485. The molecule has 0 unspecified atom stereocenters. The first kappa shape index (κ1) is 19.7. The Labute approximate surface area is 155 Å². The third-order valence-electron chi connectivity index (χ3n) is 3.87. The average Bonchev–Trinajstić information content (AvgIpc) is 2.53. The molecule has 0 bridgehead atoms. The molecular formula is C18H23N2O4Se. The van der Waals surface area contributed by atoms with Gasteiger partial charge >= 0.3 is 155 Å². The van der Waals surface area contributed by atoms with Crippen LogP contribution in [0.25, 0.3) is 11.3 Å². The third-order valence-corrected chi connectivity index (χ3v) is 4.55. The Hall–Kier alpha value is -1.66. The molecule has 0 aliphatic rings. The summed E-state index contributed by atoms with van der Waals surface area (Å²) in [7, 11) is 0. The molecule has 0 atom stereocenters. The van der Waals surface area contributed by atoms with Crippen molar-refractivity contribution in [3.63, 3.8) is 0 Å². The second-order valence-electron chi connectivity index (χ2n) is 6.36. The summed E-state index contributed by atoms with van der Waals surface area (Å²) in [6, 6.07) is 5.96. The summed E-state index contributed by atoms with van der Waals surface area (Å²) in [6.07, 6.45) is 0. The van der Waals surface area contributed by atoms with Gasteiger partial charge in [-0.15, -0.1) is 0 Å². The summed E-state index contributed by atoms with van der Waals surface area (Å²) in [5.41, 5.74) is 3.20. The molecule has 1 heterocycles. The molecule has 1 aromatic carbocycles. The van der Waals surface area contributed by atoms with Gasteiger partial charge in [-0.05, 0) is 0 Å². The van der Waals surface area contributed by atoms with Crippen molar-refractivity contribution in [2.45, 2.75) is 40.3 Å². The van der Waals surface area contributed by atoms with Crippen molar-refractivity contribution in [3.8, 4) is 11.3 Å². The Morgan fingerprint density at radius 2 is 1.76 bits per heavy atom. The maximum atomic E-state index is 12.7. The summed E-state index contributed by atoms with van der Waals surface area (Å²) in [4.78, 5) is 25.4. The monoisotopic (exact) mass is 411 g/mol. The van der Waals surface area contributed by atoms with Gasteiger partial charge in [0, 0.05) is 0 Å². The maximum absolute atomic E-state index is 12.7. The summed E-state index contributed by atoms with van der Waals surface area (Å²) in [5, 5.41) is 8.94. The molecule has 1 N–H and O–H groups in total. The number of aliphatic hydroxyl groups is 1. The number of aryl methyl sites for hydroxylation is 2. The van der Waals surface area contributed by atoms with Gasteiger partial charge in [0.25, 0.3) is 0 Å². The van der Waals surface area contributed by atoms with Crippen LogP contribution in [0.1, 0.15) is 36.5 Å². The van der Waals surface area contributed by atoms with Crippen LogP contribution in [0.15, 0.2) is 27.8 Å². The molecule has 7 heteroatoms. The first-order valence-electron chi connectivity index (χ1n) is 8.12. The zero-order valence-electron chi connectivity index (χ0n) is 14.9. The van der Waals surface area contributed by atoms with Crippen molar-refractivity contribution in [2.75, 3.05) is 13.2 Å². The minimum absolute atomic E-state index is 0.0383. The van der Waals surface area contributed by atoms with Gasteiger partial charge in [0.1, 0.15) is 0 Å². The molecule has 135 valence electrons. The van der Waals surface area contributed by atoms with Gasteiger partial charge in [-0.2, -0.15) is 0 Å². The van der Waals surface area contributed by atoms with E-state index in [-0.39, 0.29) is 31.4 Å². The second kappa shape index (κ2) is 8.15. The molecular weight excluding hydrogens is 387 g/mol. The number of hydrogen-bond donors (Lipinski definition) is 1. The standard InChI is InChI=1S/C18H23N2O4Se/c1-11(2)15-16(14-8-12(3)7-13(4)9-14)19(10-24-6-5-21)18(23)20(25)17(15)22/h7-9,11,21H,5-6,10H2,1-4H3. The fourth-order valence-corrected chi connectivity index (χ4v) is 3.34. The van der Waals surface area contributed by atoms with E-state index < -0.39 is 5.69 Å². The van der Waals surface area contributed by atoms with Crippen molar-refractivity contribution >= 4 is 16.2 Å². The van der Waals surface area contributed by atoms with Gasteiger partial charge in [0.05, 0.1) is 0 Å². The molecule has 0 aliphatic heterocycles. The van der Waals surface area contributed by atoms with Crippen LogP contribution in [-0.4, -0.2) is 42.7 Å². The first-order valence-corrected chi connectivity index (χ1v) is 8.89. The zero-order chi connectivity index (χ0) is 18.7. The van der Waals surface area contributed by atoms with Gasteiger partial charge in [-0.3, -0.25) is 0 Å². The molecule has 1 aromatic heterocycles. The third kappa shape index (κ3) is 4.12. The van der Waals surface area contributed by atoms with E-state index in [1.54, 1.807) is 0 Å². The van der Waals surface area contributed by atoms with Crippen molar-refractivity contribution in [1.82, 2.24) is 8.15 Å². The average molecular weight is 410 g/mol. The van der Waals surface area contributed by atoms with E-state index in [4.69, 9.17) is 9.84 Å². The van der Waals surface area contributed by atoms with Crippen LogP contribution < -0.4 is 11.2 Å². The summed E-state index contributed by atoms with van der Waals surface area (Å²) in [6.45, 7) is 7.74. The van der Waals surface area contributed by atoms with Gasteiger partial charge in [0.15, 0.2) is 0 Å². The van der Waals surface area contributed by atoms with E-state index in [1.807, 2.05) is 45.9 Å². The van der Waals surface area contributed by atoms with Crippen LogP contribution in [0.3, 0.4) is 0 Å². The van der Waals surface area contributed by atoms with E-state index in [2.05, 4.69) is 16.2 Å². The predicted octanol–water partition coefficient (Wildman–Crippen LogP) is 1.32. The first-order chi connectivity index (χ1) is 11.8. The molecule has 0 amide bonds. The van der Waals surface area contributed by atoms with Gasteiger partial charge in [-0.1, -0.05) is 0 Å². The van der Waals surface area contributed by atoms with Crippen LogP contribution in [-0.2, 0) is 11.5 Å². The molecule has 0 fully saturated rings. The van der Waals surface area contributed by atoms with Crippen molar-refractivity contribution < 1.29 is 9.84 Å². The number of nitrogens with zero attached hydrogens (tertiary/aromatic N) is 2. The zero-order valence-corrected chi connectivity index (χ0v) is 16.6. The summed E-state index contributed by atoms with van der Waals surface area (Å²) in [5.74, 6) is -0.0763. The number of ether oxygens (including phenoxy) is 1. The van der Waals surface area contributed by atoms with Crippen molar-refractivity contribution in [3.05, 3.63) is 55.7 Å². The molecule has 6 nitrogen and oxygen atoms in total. The van der Waals surface area contributed by atoms with Crippen LogP contribution in [0, 0.1) is 13.8 Å².